The second-order valence-electron chi connectivity index (χ2n) is 4.64. The van der Waals surface area contributed by atoms with Crippen LogP contribution in [0.25, 0.3) is 0 Å². The van der Waals surface area contributed by atoms with Crippen molar-refractivity contribution in [3.05, 3.63) is 42.1 Å². The maximum atomic E-state index is 11.8. The van der Waals surface area contributed by atoms with E-state index in [9.17, 15) is 9.59 Å². The molecule has 6 nitrogen and oxygen atoms in total. The van der Waals surface area contributed by atoms with Gasteiger partial charge in [-0.15, -0.1) is 0 Å². The first-order valence-corrected chi connectivity index (χ1v) is 7.05. The Morgan fingerprint density at radius 3 is 2.55 bits per heavy atom. The third-order valence-corrected chi connectivity index (χ3v) is 2.88. The van der Waals surface area contributed by atoms with Gasteiger partial charge in [0.2, 0.25) is 0 Å². The van der Waals surface area contributed by atoms with Gasteiger partial charge in [0.25, 0.3) is 5.91 Å². The molecule has 6 heteroatoms. The van der Waals surface area contributed by atoms with Gasteiger partial charge in [0, 0.05) is 24.9 Å². The first kappa shape index (κ1) is 17.2. The molecule has 1 amide bonds. The van der Waals surface area contributed by atoms with Gasteiger partial charge in [-0.1, -0.05) is 24.6 Å². The molecule has 0 aliphatic carbocycles. The number of carbonyl (C=O) groups excluding carboxylic acids is 1. The normalized spacial score (nSPS) is 10.6. The topological polar surface area (TPSA) is 102 Å². The lowest BCUT2D eigenvalue weighted by Crippen LogP contribution is -2.26. The van der Waals surface area contributed by atoms with E-state index in [-0.39, 0.29) is 12.0 Å². The maximum absolute atomic E-state index is 11.8. The summed E-state index contributed by atoms with van der Waals surface area (Å²) in [6, 6.07) is 11.1. The molecule has 3 N–H and O–H groups in total. The van der Waals surface area contributed by atoms with Crippen LogP contribution in [0.1, 0.15) is 25.7 Å². The molecule has 0 atom stereocenters. The molecule has 1 rings (SSSR count). The molecule has 0 aliphatic heterocycles. The minimum absolute atomic E-state index is 0.00520. The summed E-state index contributed by atoms with van der Waals surface area (Å²) in [6.07, 6.45) is 3.50. The van der Waals surface area contributed by atoms with Gasteiger partial charge in [-0.2, -0.15) is 5.26 Å². The van der Waals surface area contributed by atoms with Crippen molar-refractivity contribution in [1.82, 2.24) is 5.32 Å². The number of hydrogen-bond donors (Lipinski definition) is 3. The van der Waals surface area contributed by atoms with Gasteiger partial charge in [-0.3, -0.25) is 9.59 Å². The quantitative estimate of drug-likeness (QED) is 0.369. The minimum Gasteiger partial charge on any atom is -0.481 e. The number of rotatable bonds is 9. The maximum Gasteiger partial charge on any atom is 0.303 e. The summed E-state index contributed by atoms with van der Waals surface area (Å²) in [7, 11) is 0. The molecular formula is C16H19N3O3. The predicted molar refractivity (Wildman–Crippen MR) is 82.9 cm³/mol. The lowest BCUT2D eigenvalue weighted by Gasteiger charge is -2.05. The van der Waals surface area contributed by atoms with Gasteiger partial charge < -0.3 is 15.7 Å². The number of hydrogen-bond acceptors (Lipinski definition) is 4. The van der Waals surface area contributed by atoms with Crippen LogP contribution >= 0.6 is 0 Å². The van der Waals surface area contributed by atoms with E-state index in [0.29, 0.717) is 19.4 Å². The number of anilines is 1. The standard InChI is InChI=1S/C16H19N3O3/c17-11-13(12-19-14-7-3-1-4-8-14)16(22)18-10-6-2-5-9-15(20)21/h1,3-4,7-8,12,19H,2,5-6,9-10H2,(H,18,22)(H,20,21)/b13-12-. The molecule has 1 aromatic carbocycles. The van der Waals surface area contributed by atoms with Crippen molar-refractivity contribution in [3.8, 4) is 6.07 Å². The van der Waals surface area contributed by atoms with Crippen LogP contribution in [0.15, 0.2) is 42.1 Å². The fourth-order valence-electron chi connectivity index (χ4n) is 1.71. The summed E-state index contributed by atoms with van der Waals surface area (Å²) in [5, 5.41) is 23.0. The Labute approximate surface area is 129 Å². The van der Waals surface area contributed by atoms with E-state index in [1.165, 1.54) is 6.20 Å². The number of benzene rings is 1. The molecule has 1 aromatic rings. The first-order chi connectivity index (χ1) is 10.6. The molecule has 0 aromatic heterocycles. The van der Waals surface area contributed by atoms with Crippen molar-refractivity contribution in [1.29, 1.82) is 5.26 Å². The average Bonchev–Trinajstić information content (AvgIpc) is 2.52. The molecule has 0 aliphatic rings. The van der Waals surface area contributed by atoms with Gasteiger partial charge >= 0.3 is 5.97 Å². The molecular weight excluding hydrogens is 282 g/mol. The summed E-state index contributed by atoms with van der Waals surface area (Å²) in [6.45, 7) is 0.419. The highest BCUT2D eigenvalue weighted by Crippen LogP contribution is 2.06. The molecule has 22 heavy (non-hydrogen) atoms. The summed E-state index contributed by atoms with van der Waals surface area (Å²) in [4.78, 5) is 22.1. The highest BCUT2D eigenvalue weighted by molar-refractivity contribution is 5.97. The number of nitrogens with one attached hydrogen (secondary N) is 2. The van der Waals surface area contributed by atoms with E-state index >= 15 is 0 Å². The third kappa shape index (κ3) is 7.10. The smallest absolute Gasteiger partial charge is 0.303 e. The van der Waals surface area contributed by atoms with E-state index in [2.05, 4.69) is 10.6 Å². The average molecular weight is 301 g/mol. The lowest BCUT2D eigenvalue weighted by atomic mass is 10.2. The summed E-state index contributed by atoms with van der Waals surface area (Å²) < 4.78 is 0. The van der Waals surface area contributed by atoms with Gasteiger partial charge in [0.1, 0.15) is 11.6 Å². The van der Waals surface area contributed by atoms with E-state index < -0.39 is 11.9 Å². The van der Waals surface area contributed by atoms with E-state index in [1.54, 1.807) is 0 Å². The van der Waals surface area contributed by atoms with Gasteiger partial charge in [0.15, 0.2) is 0 Å². The molecule has 0 saturated carbocycles. The van der Waals surface area contributed by atoms with E-state index in [0.717, 1.165) is 12.1 Å². The van der Waals surface area contributed by atoms with E-state index in [1.807, 2.05) is 36.4 Å². The van der Waals surface area contributed by atoms with Crippen LogP contribution in [0.4, 0.5) is 5.69 Å². The zero-order chi connectivity index (χ0) is 16.2. The molecule has 0 fully saturated rings. The Morgan fingerprint density at radius 2 is 1.91 bits per heavy atom. The minimum atomic E-state index is -0.814. The Kier molecular flexibility index (Phi) is 7.83. The summed E-state index contributed by atoms with van der Waals surface area (Å²) in [5.74, 6) is -1.25. The number of unbranched alkanes of at least 4 members (excludes halogenated alkanes) is 2. The Balaban J connectivity index is 2.32. The first-order valence-electron chi connectivity index (χ1n) is 7.05. The monoisotopic (exact) mass is 301 g/mol. The Hall–Kier alpha value is -2.81. The van der Waals surface area contributed by atoms with Crippen molar-refractivity contribution in [2.45, 2.75) is 25.7 Å². The second-order valence-corrected chi connectivity index (χ2v) is 4.64. The molecule has 0 unspecified atom stereocenters. The van der Waals surface area contributed by atoms with Gasteiger partial charge in [0.05, 0.1) is 0 Å². The highest BCUT2D eigenvalue weighted by atomic mass is 16.4. The largest absolute Gasteiger partial charge is 0.481 e. The van der Waals surface area contributed by atoms with Crippen molar-refractivity contribution >= 4 is 17.6 Å². The molecule has 0 saturated heterocycles. The van der Waals surface area contributed by atoms with Crippen molar-refractivity contribution in [3.63, 3.8) is 0 Å². The number of carboxylic acid groups (broad SMARTS) is 1. The number of nitriles is 1. The van der Waals surface area contributed by atoms with Crippen LogP contribution in [0.5, 0.6) is 0 Å². The lowest BCUT2D eigenvalue weighted by molar-refractivity contribution is -0.137. The number of carboxylic acids is 1. The summed E-state index contributed by atoms with van der Waals surface area (Å²) in [5.41, 5.74) is 0.783. The fourth-order valence-corrected chi connectivity index (χ4v) is 1.71. The van der Waals surface area contributed by atoms with Crippen LogP contribution in [0, 0.1) is 11.3 Å². The number of nitrogens with zero attached hydrogens (tertiary/aromatic N) is 1. The second kappa shape index (κ2) is 10.00. The zero-order valence-corrected chi connectivity index (χ0v) is 12.2. The van der Waals surface area contributed by atoms with Crippen LogP contribution in [-0.2, 0) is 9.59 Å². The molecule has 116 valence electrons. The van der Waals surface area contributed by atoms with Crippen LogP contribution in [0.2, 0.25) is 0 Å². The number of carbonyl (C=O) groups is 2. The molecule has 0 radical (unpaired) electrons. The fraction of sp³-hybridized carbons (Fsp3) is 0.312. The van der Waals surface area contributed by atoms with Crippen molar-refractivity contribution in [2.75, 3.05) is 11.9 Å². The van der Waals surface area contributed by atoms with Crippen LogP contribution < -0.4 is 10.6 Å². The SMILES string of the molecule is N#C/C(=C/Nc1ccccc1)C(=O)NCCCCCC(=O)O. The molecule has 0 spiro atoms. The Bertz CT molecular complexity index is 562. The van der Waals surface area contributed by atoms with Gasteiger partial charge in [-0.05, 0) is 25.0 Å². The Morgan fingerprint density at radius 1 is 1.18 bits per heavy atom. The highest BCUT2D eigenvalue weighted by Gasteiger charge is 2.07. The van der Waals surface area contributed by atoms with E-state index in [4.69, 9.17) is 10.4 Å². The predicted octanol–water partition coefficient (Wildman–Crippen LogP) is 2.27. The van der Waals surface area contributed by atoms with Crippen molar-refractivity contribution < 1.29 is 14.7 Å². The molecule has 0 bridgehead atoms. The zero-order valence-electron chi connectivity index (χ0n) is 12.2. The van der Waals surface area contributed by atoms with Crippen LogP contribution in [0.3, 0.4) is 0 Å². The summed E-state index contributed by atoms with van der Waals surface area (Å²) >= 11 is 0. The third-order valence-electron chi connectivity index (χ3n) is 2.88. The molecule has 0 heterocycles. The number of amides is 1. The van der Waals surface area contributed by atoms with Crippen LogP contribution in [-0.4, -0.2) is 23.5 Å². The number of para-hydroxylation sites is 1. The number of aliphatic carboxylic acids is 1. The van der Waals surface area contributed by atoms with Crippen molar-refractivity contribution in [2.24, 2.45) is 0 Å². The van der Waals surface area contributed by atoms with Gasteiger partial charge in [-0.25, -0.2) is 0 Å².